The molecule has 0 amide bonds. The number of nitrogens with one attached hydrogen (secondary N) is 1. The molecule has 0 unspecified atom stereocenters. The monoisotopic (exact) mass is 346 g/mol. The standard InChI is InChI=1S/C18H23BrN2/c1-2-11-20-14-9-12-21(13-10-14)18-8-7-17(19)15-5-3-4-6-16(15)18/h3-8,14,20H,2,9-13H2,1H3. The Hall–Kier alpha value is -1.06. The summed E-state index contributed by atoms with van der Waals surface area (Å²) in [4.78, 5) is 2.54. The Morgan fingerprint density at radius 3 is 2.52 bits per heavy atom. The van der Waals surface area contributed by atoms with E-state index in [1.165, 1.54) is 40.2 Å². The number of benzene rings is 2. The quantitative estimate of drug-likeness (QED) is 0.872. The van der Waals surface area contributed by atoms with Gasteiger partial charge in [-0.3, -0.25) is 0 Å². The van der Waals surface area contributed by atoms with Gasteiger partial charge in [0, 0.05) is 34.7 Å². The summed E-state index contributed by atoms with van der Waals surface area (Å²) in [5.41, 5.74) is 1.38. The number of hydrogen-bond donors (Lipinski definition) is 1. The molecule has 1 aliphatic rings. The zero-order valence-corrected chi connectivity index (χ0v) is 14.2. The lowest BCUT2D eigenvalue weighted by Crippen LogP contribution is -2.42. The Balaban J connectivity index is 1.78. The molecule has 1 fully saturated rings. The molecule has 0 aromatic heterocycles. The van der Waals surface area contributed by atoms with Gasteiger partial charge in [-0.25, -0.2) is 0 Å². The highest BCUT2D eigenvalue weighted by Crippen LogP contribution is 2.33. The van der Waals surface area contributed by atoms with E-state index in [2.05, 4.69) is 69.5 Å². The van der Waals surface area contributed by atoms with Crippen LogP contribution in [0, 0.1) is 0 Å². The highest BCUT2D eigenvalue weighted by Gasteiger charge is 2.20. The van der Waals surface area contributed by atoms with Gasteiger partial charge in [0.15, 0.2) is 0 Å². The number of piperidine rings is 1. The fraction of sp³-hybridized carbons (Fsp3) is 0.444. The molecule has 2 aromatic rings. The summed E-state index contributed by atoms with van der Waals surface area (Å²) in [5, 5.41) is 6.32. The Morgan fingerprint density at radius 2 is 1.81 bits per heavy atom. The highest BCUT2D eigenvalue weighted by molar-refractivity contribution is 9.10. The molecule has 1 saturated heterocycles. The Morgan fingerprint density at radius 1 is 1.10 bits per heavy atom. The van der Waals surface area contributed by atoms with Crippen molar-refractivity contribution < 1.29 is 0 Å². The van der Waals surface area contributed by atoms with Gasteiger partial charge in [0.25, 0.3) is 0 Å². The first-order valence-electron chi connectivity index (χ1n) is 7.95. The van der Waals surface area contributed by atoms with Crippen LogP contribution in [0.2, 0.25) is 0 Å². The molecule has 2 nitrogen and oxygen atoms in total. The average molecular weight is 347 g/mol. The number of nitrogens with zero attached hydrogens (tertiary/aromatic N) is 1. The Bertz CT molecular complexity index is 603. The number of fused-ring (bicyclic) bond motifs is 1. The van der Waals surface area contributed by atoms with E-state index in [1.807, 2.05) is 0 Å². The van der Waals surface area contributed by atoms with Crippen molar-refractivity contribution in [3.63, 3.8) is 0 Å². The molecule has 0 spiro atoms. The molecule has 3 heteroatoms. The van der Waals surface area contributed by atoms with Gasteiger partial charge in [0.2, 0.25) is 0 Å². The van der Waals surface area contributed by atoms with Crippen molar-refractivity contribution in [1.82, 2.24) is 5.32 Å². The van der Waals surface area contributed by atoms with Crippen LogP contribution in [0.15, 0.2) is 40.9 Å². The molecule has 1 aliphatic heterocycles. The van der Waals surface area contributed by atoms with Gasteiger partial charge in [-0.1, -0.05) is 47.1 Å². The minimum atomic E-state index is 0.697. The number of rotatable bonds is 4. The summed E-state index contributed by atoms with van der Waals surface area (Å²) in [7, 11) is 0. The number of hydrogen-bond acceptors (Lipinski definition) is 2. The zero-order chi connectivity index (χ0) is 14.7. The molecule has 0 aliphatic carbocycles. The molecule has 1 N–H and O–H groups in total. The summed E-state index contributed by atoms with van der Waals surface area (Å²) in [6, 6.07) is 13.8. The lowest BCUT2D eigenvalue weighted by atomic mass is 10.0. The van der Waals surface area contributed by atoms with E-state index in [0.29, 0.717) is 6.04 Å². The van der Waals surface area contributed by atoms with E-state index >= 15 is 0 Å². The van der Waals surface area contributed by atoms with Crippen LogP contribution in [0.1, 0.15) is 26.2 Å². The van der Waals surface area contributed by atoms with Gasteiger partial charge in [-0.05, 0) is 43.3 Å². The van der Waals surface area contributed by atoms with Gasteiger partial charge in [-0.15, -0.1) is 0 Å². The largest absolute Gasteiger partial charge is 0.371 e. The van der Waals surface area contributed by atoms with Crippen molar-refractivity contribution in [2.24, 2.45) is 0 Å². The third-order valence-electron chi connectivity index (χ3n) is 4.37. The van der Waals surface area contributed by atoms with Crippen LogP contribution in [-0.4, -0.2) is 25.7 Å². The third-order valence-corrected chi connectivity index (χ3v) is 5.06. The summed E-state index contributed by atoms with van der Waals surface area (Å²) >= 11 is 3.66. The average Bonchev–Trinajstić information content (AvgIpc) is 2.54. The second kappa shape index (κ2) is 6.80. The van der Waals surface area contributed by atoms with Crippen LogP contribution in [0.25, 0.3) is 10.8 Å². The van der Waals surface area contributed by atoms with Crippen LogP contribution >= 0.6 is 15.9 Å². The molecule has 0 radical (unpaired) electrons. The topological polar surface area (TPSA) is 15.3 Å². The minimum Gasteiger partial charge on any atom is -0.371 e. The lowest BCUT2D eigenvalue weighted by Gasteiger charge is -2.34. The van der Waals surface area contributed by atoms with E-state index in [9.17, 15) is 0 Å². The summed E-state index contributed by atoms with van der Waals surface area (Å²) in [6.07, 6.45) is 3.70. The Kier molecular flexibility index (Phi) is 4.81. The van der Waals surface area contributed by atoms with Gasteiger partial charge < -0.3 is 10.2 Å². The van der Waals surface area contributed by atoms with Crippen LogP contribution in [0.3, 0.4) is 0 Å². The second-order valence-electron chi connectivity index (χ2n) is 5.83. The first kappa shape index (κ1) is 14.9. The molecule has 3 rings (SSSR count). The van der Waals surface area contributed by atoms with Crippen LogP contribution < -0.4 is 10.2 Å². The predicted molar refractivity (Wildman–Crippen MR) is 95.2 cm³/mol. The molecule has 0 saturated carbocycles. The fourth-order valence-electron chi connectivity index (χ4n) is 3.20. The smallest absolute Gasteiger partial charge is 0.0446 e. The molecule has 0 bridgehead atoms. The summed E-state index contributed by atoms with van der Waals surface area (Å²) in [5.74, 6) is 0. The summed E-state index contributed by atoms with van der Waals surface area (Å²) in [6.45, 7) is 5.67. The lowest BCUT2D eigenvalue weighted by molar-refractivity contribution is 0.416. The maximum atomic E-state index is 3.66. The maximum Gasteiger partial charge on any atom is 0.0446 e. The SMILES string of the molecule is CCCNC1CCN(c2ccc(Br)c3ccccc23)CC1. The fourth-order valence-corrected chi connectivity index (χ4v) is 3.67. The zero-order valence-electron chi connectivity index (χ0n) is 12.6. The van der Waals surface area contributed by atoms with E-state index in [-0.39, 0.29) is 0 Å². The van der Waals surface area contributed by atoms with Crippen molar-refractivity contribution in [1.29, 1.82) is 0 Å². The van der Waals surface area contributed by atoms with E-state index in [4.69, 9.17) is 0 Å². The molecule has 21 heavy (non-hydrogen) atoms. The first-order valence-corrected chi connectivity index (χ1v) is 8.74. The molecule has 112 valence electrons. The van der Waals surface area contributed by atoms with E-state index in [1.54, 1.807) is 0 Å². The molecular weight excluding hydrogens is 324 g/mol. The van der Waals surface area contributed by atoms with Crippen molar-refractivity contribution in [3.05, 3.63) is 40.9 Å². The number of anilines is 1. The molecule has 1 heterocycles. The van der Waals surface area contributed by atoms with Gasteiger partial charge in [-0.2, -0.15) is 0 Å². The normalized spacial score (nSPS) is 16.6. The van der Waals surface area contributed by atoms with Gasteiger partial charge in [0.05, 0.1) is 0 Å². The second-order valence-corrected chi connectivity index (χ2v) is 6.68. The van der Waals surface area contributed by atoms with E-state index < -0.39 is 0 Å². The first-order chi connectivity index (χ1) is 10.3. The predicted octanol–water partition coefficient (Wildman–Crippen LogP) is 4.57. The molecule has 2 aromatic carbocycles. The van der Waals surface area contributed by atoms with Crippen molar-refractivity contribution in [3.8, 4) is 0 Å². The van der Waals surface area contributed by atoms with Gasteiger partial charge >= 0.3 is 0 Å². The minimum absolute atomic E-state index is 0.697. The maximum absolute atomic E-state index is 3.66. The van der Waals surface area contributed by atoms with Crippen molar-refractivity contribution in [2.45, 2.75) is 32.2 Å². The molecule has 0 atom stereocenters. The van der Waals surface area contributed by atoms with Crippen LogP contribution in [0.5, 0.6) is 0 Å². The highest BCUT2D eigenvalue weighted by atomic mass is 79.9. The molecular formula is C18H23BrN2. The van der Waals surface area contributed by atoms with Crippen molar-refractivity contribution >= 4 is 32.4 Å². The third kappa shape index (κ3) is 3.24. The van der Waals surface area contributed by atoms with Crippen LogP contribution in [-0.2, 0) is 0 Å². The van der Waals surface area contributed by atoms with Crippen molar-refractivity contribution in [2.75, 3.05) is 24.5 Å². The van der Waals surface area contributed by atoms with E-state index in [0.717, 1.165) is 19.6 Å². The number of halogens is 1. The van der Waals surface area contributed by atoms with Gasteiger partial charge in [0.1, 0.15) is 0 Å². The Labute approximate surface area is 135 Å². The van der Waals surface area contributed by atoms with Crippen LogP contribution in [0.4, 0.5) is 5.69 Å². The summed E-state index contributed by atoms with van der Waals surface area (Å²) < 4.78 is 1.18.